The van der Waals surface area contributed by atoms with Gasteiger partial charge in [0.2, 0.25) is 0 Å². The molecule has 6 rings (SSSR count). The molecule has 196 valence electrons. The lowest BCUT2D eigenvalue weighted by Gasteiger charge is -2.39. The first-order valence-electron chi connectivity index (χ1n) is 13.5. The van der Waals surface area contributed by atoms with Crippen LogP contribution in [0.4, 0.5) is 5.82 Å². The second kappa shape index (κ2) is 10.3. The number of rotatable bonds is 8. The van der Waals surface area contributed by atoms with Gasteiger partial charge in [-0.2, -0.15) is 0 Å². The van der Waals surface area contributed by atoms with Gasteiger partial charge in [0.05, 0.1) is 11.5 Å². The smallest absolute Gasteiger partial charge is 0.320 e. The lowest BCUT2D eigenvalue weighted by atomic mass is 9.79. The number of nitrogens with two attached hydrogens (primary N) is 1. The topological polar surface area (TPSA) is 116 Å². The minimum atomic E-state index is -0.695. The molecule has 1 saturated carbocycles. The number of benzene rings is 1. The van der Waals surface area contributed by atoms with E-state index in [2.05, 4.69) is 37.8 Å². The number of carboxylic acids is 1. The highest BCUT2D eigenvalue weighted by molar-refractivity contribution is 6.00. The van der Waals surface area contributed by atoms with Crippen molar-refractivity contribution >= 4 is 22.8 Å². The average molecular weight is 506 g/mol. The van der Waals surface area contributed by atoms with E-state index in [9.17, 15) is 9.90 Å². The molecule has 0 amide bonds. The lowest BCUT2D eigenvalue weighted by Crippen LogP contribution is -2.42. The summed E-state index contributed by atoms with van der Waals surface area (Å²) in [6.45, 7) is 3.09. The van der Waals surface area contributed by atoms with Crippen LogP contribution in [0.3, 0.4) is 0 Å². The van der Waals surface area contributed by atoms with Crippen molar-refractivity contribution in [3.63, 3.8) is 0 Å². The van der Waals surface area contributed by atoms with Crippen molar-refractivity contribution in [2.24, 2.45) is 5.92 Å². The number of hydrogen-bond donors (Lipinski definition) is 2. The summed E-state index contributed by atoms with van der Waals surface area (Å²) in [4.78, 5) is 22.6. The Hall–Kier alpha value is -3.17. The van der Waals surface area contributed by atoms with Crippen LogP contribution in [0.5, 0.6) is 5.75 Å². The van der Waals surface area contributed by atoms with Crippen LogP contribution in [-0.4, -0.2) is 69.0 Å². The van der Waals surface area contributed by atoms with Crippen molar-refractivity contribution in [1.29, 1.82) is 0 Å². The van der Waals surface area contributed by atoms with Crippen molar-refractivity contribution in [3.8, 4) is 16.9 Å². The SMILES string of the molecule is Nc1ncnc2c1c(-c1cccc(OC[C@@H]3CCCCO3)c1)cn2C1CC(CN2CCC[C@H]2C(=O)O)C1. The third kappa shape index (κ3) is 4.90. The van der Waals surface area contributed by atoms with Gasteiger partial charge in [0.15, 0.2) is 0 Å². The summed E-state index contributed by atoms with van der Waals surface area (Å²) in [5.74, 6) is 1.08. The summed E-state index contributed by atoms with van der Waals surface area (Å²) in [6.07, 6.45) is 10.9. The van der Waals surface area contributed by atoms with Gasteiger partial charge in [-0.1, -0.05) is 12.1 Å². The minimum absolute atomic E-state index is 0.154. The van der Waals surface area contributed by atoms with Gasteiger partial charge < -0.3 is 24.9 Å². The van der Waals surface area contributed by atoms with Crippen LogP contribution in [0.15, 0.2) is 36.8 Å². The number of aliphatic carboxylic acids is 1. The van der Waals surface area contributed by atoms with Crippen molar-refractivity contribution in [3.05, 3.63) is 36.8 Å². The van der Waals surface area contributed by atoms with E-state index >= 15 is 0 Å². The zero-order chi connectivity index (χ0) is 25.4. The zero-order valence-electron chi connectivity index (χ0n) is 21.1. The molecular formula is C28H35N5O4. The van der Waals surface area contributed by atoms with E-state index < -0.39 is 5.97 Å². The molecule has 2 aromatic heterocycles. The molecule has 2 atom stereocenters. The maximum absolute atomic E-state index is 11.6. The maximum Gasteiger partial charge on any atom is 0.320 e. The fourth-order valence-electron chi connectivity index (χ4n) is 6.22. The second-order valence-electron chi connectivity index (χ2n) is 10.7. The Labute approximate surface area is 216 Å². The fraction of sp³-hybridized carbons (Fsp3) is 0.536. The number of aromatic nitrogens is 3. The molecular weight excluding hydrogens is 470 g/mol. The van der Waals surface area contributed by atoms with E-state index in [1.165, 1.54) is 12.7 Å². The number of anilines is 1. The molecule has 0 radical (unpaired) electrons. The van der Waals surface area contributed by atoms with Gasteiger partial charge in [-0.05, 0) is 75.1 Å². The number of carbonyl (C=O) groups is 1. The summed E-state index contributed by atoms with van der Waals surface area (Å²) in [6, 6.07) is 8.08. The number of hydrogen-bond acceptors (Lipinski definition) is 7. The molecule has 4 heterocycles. The minimum Gasteiger partial charge on any atom is -0.491 e. The van der Waals surface area contributed by atoms with Gasteiger partial charge in [-0.15, -0.1) is 0 Å². The van der Waals surface area contributed by atoms with Gasteiger partial charge in [0.1, 0.15) is 36.2 Å². The molecule has 3 aromatic rings. The predicted molar refractivity (Wildman–Crippen MR) is 140 cm³/mol. The molecule has 1 aromatic carbocycles. The quantitative estimate of drug-likeness (QED) is 0.470. The van der Waals surface area contributed by atoms with Crippen LogP contribution >= 0.6 is 0 Å². The summed E-state index contributed by atoms with van der Waals surface area (Å²) in [5.41, 5.74) is 9.23. The third-order valence-corrected chi connectivity index (χ3v) is 8.24. The maximum atomic E-state index is 11.6. The Bertz CT molecular complexity index is 1260. The molecule has 2 saturated heterocycles. The summed E-state index contributed by atoms with van der Waals surface area (Å²) in [5, 5.41) is 10.4. The number of ether oxygens (including phenoxy) is 2. The number of nitrogens with zero attached hydrogens (tertiary/aromatic N) is 4. The van der Waals surface area contributed by atoms with Gasteiger partial charge >= 0.3 is 5.97 Å². The van der Waals surface area contributed by atoms with Crippen molar-refractivity contribution in [1.82, 2.24) is 19.4 Å². The van der Waals surface area contributed by atoms with Gasteiger partial charge in [0, 0.05) is 31.0 Å². The Morgan fingerprint density at radius 3 is 2.89 bits per heavy atom. The van der Waals surface area contributed by atoms with Crippen molar-refractivity contribution in [2.75, 3.05) is 32.0 Å². The highest BCUT2D eigenvalue weighted by atomic mass is 16.5. The standard InChI is InChI=1S/C28H35N5O4/c29-26-25-23(19-5-3-7-21(13-19)37-16-22-6-1-2-10-36-22)15-33(27(25)31-17-30-26)20-11-18(12-20)14-32-9-4-8-24(32)28(34)35/h3,5,7,13,15,17-18,20,22,24H,1-2,4,6,8-12,14,16H2,(H,34,35)(H2,29,30,31)/t18?,20?,22-,24-/m0/s1. The zero-order valence-corrected chi connectivity index (χ0v) is 21.1. The van der Waals surface area contributed by atoms with Crippen molar-refractivity contribution in [2.45, 2.75) is 63.1 Å². The Morgan fingerprint density at radius 1 is 1.19 bits per heavy atom. The fourth-order valence-corrected chi connectivity index (χ4v) is 6.22. The van der Waals surface area contributed by atoms with Gasteiger partial charge in [-0.25, -0.2) is 9.97 Å². The molecule has 0 bridgehead atoms. The molecule has 37 heavy (non-hydrogen) atoms. The first kappa shape index (κ1) is 24.2. The number of likely N-dealkylation sites (tertiary alicyclic amines) is 1. The van der Waals surface area contributed by atoms with Crippen LogP contribution in [0, 0.1) is 5.92 Å². The molecule has 9 nitrogen and oxygen atoms in total. The third-order valence-electron chi connectivity index (χ3n) is 8.24. The van der Waals surface area contributed by atoms with E-state index in [-0.39, 0.29) is 12.1 Å². The number of nitrogen functional groups attached to an aromatic ring is 1. The second-order valence-corrected chi connectivity index (χ2v) is 10.7. The number of fused-ring (bicyclic) bond motifs is 1. The van der Waals surface area contributed by atoms with E-state index in [4.69, 9.17) is 15.2 Å². The molecule has 3 aliphatic rings. The first-order valence-corrected chi connectivity index (χ1v) is 13.5. The Morgan fingerprint density at radius 2 is 2.08 bits per heavy atom. The largest absolute Gasteiger partial charge is 0.491 e. The van der Waals surface area contributed by atoms with Crippen LogP contribution in [-0.2, 0) is 9.53 Å². The van der Waals surface area contributed by atoms with E-state index in [0.717, 1.165) is 86.1 Å². The average Bonchev–Trinajstić information content (AvgIpc) is 3.51. The van der Waals surface area contributed by atoms with Crippen LogP contribution < -0.4 is 10.5 Å². The van der Waals surface area contributed by atoms with Gasteiger partial charge in [0.25, 0.3) is 0 Å². The summed E-state index contributed by atoms with van der Waals surface area (Å²) in [7, 11) is 0. The van der Waals surface area contributed by atoms with Gasteiger partial charge in [-0.3, -0.25) is 9.69 Å². The molecule has 1 aliphatic carbocycles. The Balaban J connectivity index is 1.20. The Kier molecular flexibility index (Phi) is 6.73. The highest BCUT2D eigenvalue weighted by Gasteiger charge is 2.37. The van der Waals surface area contributed by atoms with Crippen LogP contribution in [0.1, 0.15) is 51.0 Å². The van der Waals surface area contributed by atoms with Crippen LogP contribution in [0.25, 0.3) is 22.2 Å². The monoisotopic (exact) mass is 505 g/mol. The molecule has 0 unspecified atom stereocenters. The number of carboxylic acid groups (broad SMARTS) is 1. The summed E-state index contributed by atoms with van der Waals surface area (Å²) < 4.78 is 14.1. The predicted octanol–water partition coefficient (Wildman–Crippen LogP) is 4.13. The van der Waals surface area contributed by atoms with Crippen LogP contribution in [0.2, 0.25) is 0 Å². The first-order chi connectivity index (χ1) is 18.1. The van der Waals surface area contributed by atoms with E-state index in [1.54, 1.807) is 0 Å². The molecule has 3 N–H and O–H groups in total. The summed E-state index contributed by atoms with van der Waals surface area (Å²) >= 11 is 0. The molecule has 3 fully saturated rings. The molecule has 0 spiro atoms. The molecule has 2 aliphatic heterocycles. The van der Waals surface area contributed by atoms with E-state index in [0.29, 0.717) is 24.4 Å². The van der Waals surface area contributed by atoms with E-state index in [1.807, 2.05) is 12.1 Å². The normalized spacial score (nSPS) is 26.3. The molecule has 9 heteroatoms. The highest BCUT2D eigenvalue weighted by Crippen LogP contribution is 2.44. The van der Waals surface area contributed by atoms with Crippen molar-refractivity contribution < 1.29 is 19.4 Å². The lowest BCUT2D eigenvalue weighted by molar-refractivity contribution is -0.142.